The van der Waals surface area contributed by atoms with Crippen molar-refractivity contribution in [3.05, 3.63) is 22.4 Å². The van der Waals surface area contributed by atoms with Crippen LogP contribution in [0, 0.1) is 0 Å². The molecule has 1 N–H and O–H groups in total. The maximum atomic E-state index is 11.9. The van der Waals surface area contributed by atoms with E-state index in [2.05, 4.69) is 5.32 Å². The Balaban J connectivity index is 2.29. The van der Waals surface area contributed by atoms with E-state index < -0.39 is 0 Å². The van der Waals surface area contributed by atoms with Crippen LogP contribution in [0.15, 0.2) is 17.5 Å². The van der Waals surface area contributed by atoms with Gasteiger partial charge in [-0.1, -0.05) is 6.07 Å². The van der Waals surface area contributed by atoms with Crippen molar-refractivity contribution in [2.24, 2.45) is 0 Å². The highest BCUT2D eigenvalue weighted by Crippen LogP contribution is 2.10. The number of nitrogens with zero attached hydrogens (tertiary/aromatic N) is 1. The zero-order valence-corrected chi connectivity index (χ0v) is 11.5. The van der Waals surface area contributed by atoms with Crippen molar-refractivity contribution >= 4 is 23.2 Å². The van der Waals surface area contributed by atoms with Gasteiger partial charge < -0.3 is 15.0 Å². The van der Waals surface area contributed by atoms with E-state index in [-0.39, 0.29) is 18.4 Å². The summed E-state index contributed by atoms with van der Waals surface area (Å²) in [5.74, 6) is -0.282. The minimum Gasteiger partial charge on any atom is -0.385 e. The van der Waals surface area contributed by atoms with Crippen molar-refractivity contribution in [1.29, 1.82) is 0 Å². The monoisotopic (exact) mass is 270 g/mol. The number of hydrogen-bond acceptors (Lipinski definition) is 4. The fourth-order valence-electron chi connectivity index (χ4n) is 1.38. The molecule has 0 aliphatic carbocycles. The maximum absolute atomic E-state index is 11.9. The zero-order chi connectivity index (χ0) is 13.4. The molecular formula is C12H18N2O3S. The molecule has 0 radical (unpaired) electrons. The van der Waals surface area contributed by atoms with E-state index in [0.29, 0.717) is 18.0 Å². The zero-order valence-electron chi connectivity index (χ0n) is 10.6. The van der Waals surface area contributed by atoms with Gasteiger partial charge in [-0.05, 0) is 17.9 Å². The minimum atomic E-state index is -0.154. The molecule has 0 atom stereocenters. The number of hydrogen-bond donors (Lipinski definition) is 1. The molecule has 0 aromatic carbocycles. The SMILES string of the molecule is COCCCNC(=O)CN(C)C(=O)c1cccs1. The van der Waals surface area contributed by atoms with Crippen molar-refractivity contribution in [3.63, 3.8) is 0 Å². The highest BCUT2D eigenvalue weighted by molar-refractivity contribution is 7.12. The van der Waals surface area contributed by atoms with E-state index in [0.717, 1.165) is 6.42 Å². The summed E-state index contributed by atoms with van der Waals surface area (Å²) in [7, 11) is 3.24. The lowest BCUT2D eigenvalue weighted by atomic mass is 10.4. The molecule has 6 heteroatoms. The average Bonchev–Trinajstić information content (AvgIpc) is 2.87. The van der Waals surface area contributed by atoms with Gasteiger partial charge in [-0.25, -0.2) is 0 Å². The van der Waals surface area contributed by atoms with Gasteiger partial charge in [-0.2, -0.15) is 0 Å². The second-order valence-corrected chi connectivity index (χ2v) is 4.78. The van der Waals surface area contributed by atoms with Crippen molar-refractivity contribution in [3.8, 4) is 0 Å². The third-order valence-electron chi connectivity index (χ3n) is 2.31. The first-order valence-electron chi connectivity index (χ1n) is 5.69. The lowest BCUT2D eigenvalue weighted by Gasteiger charge is -2.15. The number of rotatable bonds is 7. The van der Waals surface area contributed by atoms with Crippen LogP contribution in [0.1, 0.15) is 16.1 Å². The molecule has 1 heterocycles. The number of carbonyl (C=O) groups is 2. The van der Waals surface area contributed by atoms with E-state index in [1.165, 1.54) is 16.2 Å². The third kappa shape index (κ3) is 4.85. The topological polar surface area (TPSA) is 58.6 Å². The lowest BCUT2D eigenvalue weighted by molar-refractivity contribution is -0.121. The highest BCUT2D eigenvalue weighted by Gasteiger charge is 2.15. The molecule has 1 aromatic rings. The number of methoxy groups -OCH3 is 1. The molecule has 0 fully saturated rings. The smallest absolute Gasteiger partial charge is 0.264 e. The molecule has 0 unspecified atom stereocenters. The summed E-state index contributed by atoms with van der Waals surface area (Å²) in [4.78, 5) is 25.5. The van der Waals surface area contributed by atoms with Crippen molar-refractivity contribution in [1.82, 2.24) is 10.2 Å². The average molecular weight is 270 g/mol. The Labute approximate surface area is 111 Å². The predicted molar refractivity (Wildman–Crippen MR) is 70.8 cm³/mol. The summed E-state index contributed by atoms with van der Waals surface area (Å²) in [6.07, 6.45) is 0.769. The van der Waals surface area contributed by atoms with Crippen LogP contribution in [0.5, 0.6) is 0 Å². The Bertz CT molecular complexity index is 379. The summed E-state index contributed by atoms with van der Waals surface area (Å²) in [5, 5.41) is 4.58. The van der Waals surface area contributed by atoms with Crippen LogP contribution in [0.2, 0.25) is 0 Å². The Hall–Kier alpha value is -1.40. The molecule has 1 rings (SSSR count). The van der Waals surface area contributed by atoms with Gasteiger partial charge in [0.25, 0.3) is 5.91 Å². The number of nitrogens with one attached hydrogen (secondary N) is 1. The molecule has 5 nitrogen and oxygen atoms in total. The van der Waals surface area contributed by atoms with Crippen LogP contribution < -0.4 is 5.32 Å². The van der Waals surface area contributed by atoms with Crippen molar-refractivity contribution in [2.75, 3.05) is 33.9 Å². The van der Waals surface area contributed by atoms with Gasteiger partial charge in [-0.3, -0.25) is 9.59 Å². The first-order valence-corrected chi connectivity index (χ1v) is 6.57. The Morgan fingerprint density at radius 1 is 1.50 bits per heavy atom. The Morgan fingerprint density at radius 2 is 2.28 bits per heavy atom. The molecule has 0 aliphatic heterocycles. The van der Waals surface area contributed by atoms with E-state index >= 15 is 0 Å². The fraction of sp³-hybridized carbons (Fsp3) is 0.500. The van der Waals surface area contributed by atoms with Crippen LogP contribution in [0.4, 0.5) is 0 Å². The van der Waals surface area contributed by atoms with E-state index in [4.69, 9.17) is 4.74 Å². The van der Waals surface area contributed by atoms with Crippen LogP contribution >= 0.6 is 11.3 Å². The van der Waals surface area contributed by atoms with Gasteiger partial charge in [0.15, 0.2) is 0 Å². The van der Waals surface area contributed by atoms with Crippen molar-refractivity contribution in [2.45, 2.75) is 6.42 Å². The third-order valence-corrected chi connectivity index (χ3v) is 3.16. The maximum Gasteiger partial charge on any atom is 0.264 e. The van der Waals surface area contributed by atoms with Crippen LogP contribution in [-0.2, 0) is 9.53 Å². The first-order chi connectivity index (χ1) is 8.65. The van der Waals surface area contributed by atoms with E-state index in [1.807, 2.05) is 11.4 Å². The number of carbonyl (C=O) groups excluding carboxylic acids is 2. The standard InChI is InChI=1S/C12H18N2O3S/c1-14(12(16)10-5-3-8-18-10)9-11(15)13-6-4-7-17-2/h3,5,8H,4,6-7,9H2,1-2H3,(H,13,15). The summed E-state index contributed by atoms with van der Waals surface area (Å²) < 4.78 is 4.88. The molecule has 0 bridgehead atoms. The molecule has 1 aromatic heterocycles. The summed E-state index contributed by atoms with van der Waals surface area (Å²) >= 11 is 1.37. The van der Waals surface area contributed by atoms with Gasteiger partial charge in [-0.15, -0.1) is 11.3 Å². The van der Waals surface area contributed by atoms with Crippen LogP contribution in [0.3, 0.4) is 0 Å². The second-order valence-electron chi connectivity index (χ2n) is 3.83. The molecule has 0 spiro atoms. The minimum absolute atomic E-state index is 0.0731. The Kier molecular flexibility index (Phi) is 6.38. The molecule has 100 valence electrons. The second kappa shape index (κ2) is 7.84. The van der Waals surface area contributed by atoms with Gasteiger partial charge in [0, 0.05) is 27.3 Å². The predicted octanol–water partition coefficient (Wildman–Crippen LogP) is 0.973. The van der Waals surface area contributed by atoms with Gasteiger partial charge in [0.05, 0.1) is 11.4 Å². The first kappa shape index (κ1) is 14.7. The number of ether oxygens (including phenoxy) is 1. The van der Waals surface area contributed by atoms with Gasteiger partial charge >= 0.3 is 0 Å². The normalized spacial score (nSPS) is 10.1. The quantitative estimate of drug-likeness (QED) is 0.751. The summed E-state index contributed by atoms with van der Waals surface area (Å²) in [5.41, 5.74) is 0. The van der Waals surface area contributed by atoms with Crippen molar-refractivity contribution < 1.29 is 14.3 Å². The largest absolute Gasteiger partial charge is 0.385 e. The van der Waals surface area contributed by atoms with Crippen LogP contribution in [0.25, 0.3) is 0 Å². The molecular weight excluding hydrogens is 252 g/mol. The molecule has 18 heavy (non-hydrogen) atoms. The Morgan fingerprint density at radius 3 is 2.89 bits per heavy atom. The molecule has 0 saturated heterocycles. The van der Waals surface area contributed by atoms with E-state index in [9.17, 15) is 9.59 Å². The molecule has 0 aliphatic rings. The number of thiophene rings is 1. The van der Waals surface area contributed by atoms with Gasteiger partial charge in [0.1, 0.15) is 0 Å². The van der Waals surface area contributed by atoms with Crippen LogP contribution in [-0.4, -0.2) is 50.6 Å². The van der Waals surface area contributed by atoms with Gasteiger partial charge in [0.2, 0.25) is 5.91 Å². The fourth-order valence-corrected chi connectivity index (χ4v) is 2.09. The number of likely N-dealkylation sites (N-methyl/N-ethyl adjacent to an activating group) is 1. The summed E-state index contributed by atoms with van der Waals surface area (Å²) in [6.45, 7) is 1.25. The van der Waals surface area contributed by atoms with E-state index in [1.54, 1.807) is 20.2 Å². The number of amides is 2. The molecule has 2 amide bonds. The summed E-state index contributed by atoms with van der Waals surface area (Å²) in [6, 6.07) is 3.57. The lowest BCUT2D eigenvalue weighted by Crippen LogP contribution is -2.38. The molecule has 0 saturated carbocycles. The highest BCUT2D eigenvalue weighted by atomic mass is 32.1.